The summed E-state index contributed by atoms with van der Waals surface area (Å²) in [5, 5.41) is 2.93. The van der Waals surface area contributed by atoms with Crippen LogP contribution in [0.5, 0.6) is 5.88 Å². The van der Waals surface area contributed by atoms with Gasteiger partial charge in [0.05, 0.1) is 12.8 Å². The first-order valence-electron chi connectivity index (χ1n) is 5.02. The van der Waals surface area contributed by atoms with Crippen molar-refractivity contribution in [2.45, 2.75) is 0 Å². The van der Waals surface area contributed by atoms with E-state index in [0.29, 0.717) is 23.1 Å². The average molecular weight is 233 g/mol. The quantitative estimate of drug-likeness (QED) is 0.855. The minimum atomic E-state index is -0.323. The predicted octanol–water partition coefficient (Wildman–Crippen LogP) is 2.56. The highest BCUT2D eigenvalue weighted by atomic mass is 19.1. The molecule has 0 saturated carbocycles. The van der Waals surface area contributed by atoms with Crippen molar-refractivity contribution in [3.05, 3.63) is 42.2 Å². The molecule has 1 aromatic heterocycles. The molecule has 0 bridgehead atoms. The van der Waals surface area contributed by atoms with E-state index in [-0.39, 0.29) is 5.82 Å². The molecule has 0 radical (unpaired) electrons. The van der Waals surface area contributed by atoms with Crippen molar-refractivity contribution in [2.24, 2.45) is 0 Å². The summed E-state index contributed by atoms with van der Waals surface area (Å²) in [5.41, 5.74) is 6.80. The van der Waals surface area contributed by atoms with Gasteiger partial charge in [-0.15, -0.1) is 0 Å². The van der Waals surface area contributed by atoms with E-state index in [1.165, 1.54) is 19.2 Å². The van der Waals surface area contributed by atoms with Crippen LogP contribution in [0.15, 0.2) is 36.4 Å². The van der Waals surface area contributed by atoms with Gasteiger partial charge in [-0.05, 0) is 24.3 Å². The van der Waals surface area contributed by atoms with Gasteiger partial charge in [0.1, 0.15) is 5.82 Å². The zero-order valence-electron chi connectivity index (χ0n) is 9.27. The fourth-order valence-electron chi connectivity index (χ4n) is 1.37. The standard InChI is InChI=1S/C12H12FN3O/c1-17-11-6-5-10(14)12(16-11)15-9-4-2-3-8(13)7-9/h2-7H,14H2,1H3,(H,15,16). The Morgan fingerprint density at radius 3 is 2.82 bits per heavy atom. The highest BCUT2D eigenvalue weighted by Crippen LogP contribution is 2.23. The van der Waals surface area contributed by atoms with Gasteiger partial charge in [0, 0.05) is 11.8 Å². The molecule has 0 amide bonds. The smallest absolute Gasteiger partial charge is 0.215 e. The van der Waals surface area contributed by atoms with Crippen molar-refractivity contribution < 1.29 is 9.13 Å². The molecule has 0 aliphatic heterocycles. The summed E-state index contributed by atoms with van der Waals surface area (Å²) in [6.07, 6.45) is 0. The number of benzene rings is 1. The fourth-order valence-corrected chi connectivity index (χ4v) is 1.37. The first kappa shape index (κ1) is 11.2. The molecule has 5 heteroatoms. The molecule has 0 atom stereocenters. The maximum Gasteiger partial charge on any atom is 0.215 e. The lowest BCUT2D eigenvalue weighted by molar-refractivity contribution is 0.398. The van der Waals surface area contributed by atoms with Crippen LogP contribution in [-0.4, -0.2) is 12.1 Å². The van der Waals surface area contributed by atoms with E-state index in [2.05, 4.69) is 10.3 Å². The number of nitrogen functional groups attached to an aromatic ring is 1. The SMILES string of the molecule is COc1ccc(N)c(Nc2cccc(F)c2)n1. The van der Waals surface area contributed by atoms with Gasteiger partial charge >= 0.3 is 0 Å². The number of aromatic nitrogens is 1. The van der Waals surface area contributed by atoms with E-state index in [1.54, 1.807) is 24.3 Å². The number of nitrogens with one attached hydrogen (secondary N) is 1. The van der Waals surface area contributed by atoms with Crippen LogP contribution < -0.4 is 15.8 Å². The summed E-state index contributed by atoms with van der Waals surface area (Å²) in [4.78, 5) is 4.13. The maximum absolute atomic E-state index is 13.0. The van der Waals surface area contributed by atoms with Crippen LogP contribution in [0.3, 0.4) is 0 Å². The number of methoxy groups -OCH3 is 1. The van der Waals surface area contributed by atoms with Gasteiger partial charge in [0.25, 0.3) is 0 Å². The second-order valence-corrected chi connectivity index (χ2v) is 3.43. The molecule has 17 heavy (non-hydrogen) atoms. The molecule has 0 aliphatic rings. The highest BCUT2D eigenvalue weighted by molar-refractivity contribution is 5.69. The van der Waals surface area contributed by atoms with Crippen molar-refractivity contribution in [1.82, 2.24) is 4.98 Å². The molecule has 3 N–H and O–H groups in total. The van der Waals surface area contributed by atoms with Crippen LogP contribution >= 0.6 is 0 Å². The third-order valence-corrected chi connectivity index (χ3v) is 2.20. The Bertz CT molecular complexity index is 531. The minimum Gasteiger partial charge on any atom is -0.481 e. The second kappa shape index (κ2) is 4.69. The molecule has 0 unspecified atom stereocenters. The summed E-state index contributed by atoms with van der Waals surface area (Å²) in [6, 6.07) is 9.39. The number of pyridine rings is 1. The highest BCUT2D eigenvalue weighted by Gasteiger charge is 2.04. The summed E-state index contributed by atoms with van der Waals surface area (Å²) < 4.78 is 18.0. The van der Waals surface area contributed by atoms with Gasteiger partial charge in [-0.25, -0.2) is 4.39 Å². The van der Waals surface area contributed by atoms with Crippen molar-refractivity contribution >= 4 is 17.2 Å². The maximum atomic E-state index is 13.0. The third-order valence-electron chi connectivity index (χ3n) is 2.20. The number of rotatable bonds is 3. The van der Waals surface area contributed by atoms with Crippen LogP contribution in [0.2, 0.25) is 0 Å². The summed E-state index contributed by atoms with van der Waals surface area (Å²) >= 11 is 0. The van der Waals surface area contributed by atoms with Gasteiger partial charge in [-0.3, -0.25) is 0 Å². The molecule has 2 aromatic rings. The summed E-state index contributed by atoms with van der Waals surface area (Å²) in [6.45, 7) is 0. The minimum absolute atomic E-state index is 0.323. The second-order valence-electron chi connectivity index (χ2n) is 3.43. The topological polar surface area (TPSA) is 60.2 Å². The summed E-state index contributed by atoms with van der Waals surface area (Å²) in [7, 11) is 1.52. The molecule has 1 heterocycles. The van der Waals surface area contributed by atoms with Crippen molar-refractivity contribution in [1.29, 1.82) is 0 Å². The van der Waals surface area contributed by atoms with E-state index in [0.717, 1.165) is 0 Å². The molecular weight excluding hydrogens is 221 g/mol. The van der Waals surface area contributed by atoms with Crippen LogP contribution in [-0.2, 0) is 0 Å². The number of hydrogen-bond acceptors (Lipinski definition) is 4. The number of ether oxygens (including phenoxy) is 1. The summed E-state index contributed by atoms with van der Waals surface area (Å²) in [5.74, 6) is 0.560. The molecule has 4 nitrogen and oxygen atoms in total. The Morgan fingerprint density at radius 2 is 2.12 bits per heavy atom. The number of halogens is 1. The number of nitrogens with two attached hydrogens (primary N) is 1. The average Bonchev–Trinajstić information content (AvgIpc) is 2.32. The number of anilines is 3. The predicted molar refractivity (Wildman–Crippen MR) is 64.9 cm³/mol. The third kappa shape index (κ3) is 2.63. The van der Waals surface area contributed by atoms with Gasteiger partial charge in [0.15, 0.2) is 5.82 Å². The molecule has 88 valence electrons. The Hall–Kier alpha value is -2.30. The molecule has 2 rings (SSSR count). The van der Waals surface area contributed by atoms with E-state index >= 15 is 0 Å². The first-order chi connectivity index (χ1) is 8.19. The van der Waals surface area contributed by atoms with Gasteiger partial charge in [-0.1, -0.05) is 6.07 Å². The van der Waals surface area contributed by atoms with Crippen molar-refractivity contribution in [3.8, 4) is 5.88 Å². The van der Waals surface area contributed by atoms with Gasteiger partial charge in [-0.2, -0.15) is 4.98 Å². The molecule has 1 aromatic carbocycles. The Kier molecular flexibility index (Phi) is 3.09. The lowest BCUT2D eigenvalue weighted by Crippen LogP contribution is -2.00. The van der Waals surface area contributed by atoms with Gasteiger partial charge in [0.2, 0.25) is 5.88 Å². The monoisotopic (exact) mass is 233 g/mol. The first-order valence-corrected chi connectivity index (χ1v) is 5.02. The van der Waals surface area contributed by atoms with Crippen LogP contribution in [0.1, 0.15) is 0 Å². The van der Waals surface area contributed by atoms with E-state index in [4.69, 9.17) is 10.5 Å². The van der Waals surface area contributed by atoms with E-state index in [1.807, 2.05) is 0 Å². The molecule has 0 fully saturated rings. The normalized spacial score (nSPS) is 10.0. The lowest BCUT2D eigenvalue weighted by Gasteiger charge is -2.09. The Labute approximate surface area is 98.2 Å². The van der Waals surface area contributed by atoms with Crippen molar-refractivity contribution in [2.75, 3.05) is 18.2 Å². The van der Waals surface area contributed by atoms with Crippen LogP contribution in [0, 0.1) is 5.82 Å². The Balaban J connectivity index is 2.29. The van der Waals surface area contributed by atoms with Gasteiger partial charge < -0.3 is 15.8 Å². The number of hydrogen-bond donors (Lipinski definition) is 2. The molecule has 0 saturated heterocycles. The lowest BCUT2D eigenvalue weighted by atomic mass is 10.3. The number of nitrogens with zero attached hydrogens (tertiary/aromatic N) is 1. The fraction of sp³-hybridized carbons (Fsp3) is 0.0833. The van der Waals surface area contributed by atoms with E-state index in [9.17, 15) is 4.39 Å². The van der Waals surface area contributed by atoms with Crippen LogP contribution in [0.25, 0.3) is 0 Å². The van der Waals surface area contributed by atoms with Crippen LogP contribution in [0.4, 0.5) is 21.6 Å². The Morgan fingerprint density at radius 1 is 1.29 bits per heavy atom. The molecule has 0 spiro atoms. The zero-order chi connectivity index (χ0) is 12.3. The van der Waals surface area contributed by atoms with E-state index < -0.39 is 0 Å². The largest absolute Gasteiger partial charge is 0.481 e. The van der Waals surface area contributed by atoms with Crippen molar-refractivity contribution in [3.63, 3.8) is 0 Å². The molecule has 0 aliphatic carbocycles. The molecular formula is C12H12FN3O. The zero-order valence-corrected chi connectivity index (χ0v) is 9.27.